The molecule has 2 aliphatic rings. The van der Waals surface area contributed by atoms with Crippen LogP contribution in [0.5, 0.6) is 5.75 Å². The number of carboxylic acids is 1. The summed E-state index contributed by atoms with van der Waals surface area (Å²) >= 11 is 0. The van der Waals surface area contributed by atoms with Gasteiger partial charge in [-0.15, -0.1) is 0 Å². The van der Waals surface area contributed by atoms with Crippen LogP contribution >= 0.6 is 0 Å². The van der Waals surface area contributed by atoms with Gasteiger partial charge in [-0.05, 0) is 55.2 Å². The van der Waals surface area contributed by atoms with E-state index in [1.807, 2.05) is 6.92 Å². The molecule has 3 N–H and O–H groups in total. The van der Waals surface area contributed by atoms with Gasteiger partial charge in [-0.25, -0.2) is 9.78 Å². The zero-order valence-corrected chi connectivity index (χ0v) is 26.8. The third-order valence-corrected chi connectivity index (χ3v) is 8.32. The number of rotatable bonds is 10. The molecule has 4 heterocycles. The lowest BCUT2D eigenvalue weighted by Crippen LogP contribution is -2.35. The molecule has 0 bridgehead atoms. The van der Waals surface area contributed by atoms with E-state index in [1.165, 1.54) is 9.13 Å². The van der Waals surface area contributed by atoms with Crippen molar-refractivity contribution in [1.82, 2.24) is 19.0 Å². The van der Waals surface area contributed by atoms with E-state index in [2.05, 4.69) is 27.2 Å². The molecule has 2 aromatic carbocycles. The molecule has 1 atom stereocenters. The Balaban J connectivity index is 0.994. The minimum Gasteiger partial charge on any atom is -0.493 e. The van der Waals surface area contributed by atoms with Crippen molar-refractivity contribution in [1.29, 1.82) is 0 Å². The van der Waals surface area contributed by atoms with Gasteiger partial charge in [0.2, 0.25) is 11.7 Å². The van der Waals surface area contributed by atoms with Crippen LogP contribution in [-0.4, -0.2) is 73.2 Å². The van der Waals surface area contributed by atoms with Crippen LogP contribution in [0, 0.1) is 6.92 Å². The average Bonchev–Trinajstić information content (AvgIpc) is 3.72. The Bertz CT molecular complexity index is 1990. The number of ether oxygens (including phenoxy) is 1. The summed E-state index contributed by atoms with van der Waals surface area (Å²) in [4.78, 5) is 60.7. The molecule has 3 amide bonds. The number of amides is 3. The molecule has 0 aliphatic carbocycles. The molecule has 0 unspecified atom stereocenters. The summed E-state index contributed by atoms with van der Waals surface area (Å²) in [6.45, 7) is 6.70. The summed E-state index contributed by atoms with van der Waals surface area (Å²) in [7, 11) is 3.32. The van der Waals surface area contributed by atoms with Crippen LogP contribution in [0.25, 0.3) is 11.1 Å². The van der Waals surface area contributed by atoms with Gasteiger partial charge in [0, 0.05) is 63.0 Å². The second kappa shape index (κ2) is 13.0. The van der Waals surface area contributed by atoms with E-state index in [-0.39, 0.29) is 48.2 Å². The largest absolute Gasteiger partial charge is 0.493 e. The van der Waals surface area contributed by atoms with E-state index in [9.17, 15) is 24.3 Å². The van der Waals surface area contributed by atoms with Crippen molar-refractivity contribution < 1.29 is 29.0 Å². The Morgan fingerprint density at radius 2 is 1.81 bits per heavy atom. The number of carbonyl (C=O) groups excluding carboxylic acids is 3. The number of carbonyl (C=O) groups is 4. The van der Waals surface area contributed by atoms with E-state index in [4.69, 9.17) is 4.74 Å². The normalized spacial score (nSPS) is 15.1. The number of fused-ring (bicyclic) bond motifs is 2. The van der Waals surface area contributed by atoms with Crippen molar-refractivity contribution in [3.8, 4) is 16.9 Å². The summed E-state index contributed by atoms with van der Waals surface area (Å²) in [6, 6.07) is 12.1. The molecule has 48 heavy (non-hydrogen) atoms. The summed E-state index contributed by atoms with van der Waals surface area (Å²) in [5.74, 6) is -0.852. The first-order valence-electron chi connectivity index (χ1n) is 15.4. The standard InChI is InChI=1S/C35H35N7O6/c1-20-12-25-16-36-27-15-29(21(2)13-26(27)34(45)42(25)17-20)48-11-5-6-31(43)38-30-19-41(4)32(39-30)33(44)37-24-9-7-22(8-10-24)23-14-28(35(46)47)40(3)18-23/h7-10,13-16,18-19,25H,1,5-6,11-12,17H2,2-4H3,(H,37,44)(H,38,43)(H,46,47)/t25-/m0/s1. The molecule has 2 aliphatic heterocycles. The number of nitrogens with one attached hydrogen (secondary N) is 2. The third kappa shape index (κ3) is 6.61. The zero-order chi connectivity index (χ0) is 34.1. The monoisotopic (exact) mass is 649 g/mol. The number of benzene rings is 2. The number of hydrogen-bond donors (Lipinski definition) is 3. The first kappa shape index (κ1) is 32.0. The van der Waals surface area contributed by atoms with E-state index in [0.717, 1.165) is 22.3 Å². The average molecular weight is 650 g/mol. The Morgan fingerprint density at radius 3 is 2.54 bits per heavy atom. The number of aliphatic imine (C=N–C) groups is 1. The number of aryl methyl sites for hydroxylation is 3. The van der Waals surface area contributed by atoms with Crippen LogP contribution in [0.3, 0.4) is 0 Å². The number of aromatic nitrogens is 3. The van der Waals surface area contributed by atoms with Crippen molar-refractivity contribution in [2.45, 2.75) is 32.2 Å². The predicted molar refractivity (Wildman–Crippen MR) is 180 cm³/mol. The van der Waals surface area contributed by atoms with Crippen LogP contribution < -0.4 is 15.4 Å². The quantitative estimate of drug-likeness (QED) is 0.162. The van der Waals surface area contributed by atoms with Crippen molar-refractivity contribution in [3.63, 3.8) is 0 Å². The zero-order valence-electron chi connectivity index (χ0n) is 26.8. The van der Waals surface area contributed by atoms with Crippen LogP contribution in [-0.2, 0) is 18.9 Å². The molecule has 6 rings (SSSR count). The van der Waals surface area contributed by atoms with E-state index in [0.29, 0.717) is 42.1 Å². The van der Waals surface area contributed by atoms with Crippen LogP contribution in [0.15, 0.2) is 72.0 Å². The minimum absolute atomic E-state index is 0.0656. The van der Waals surface area contributed by atoms with Gasteiger partial charge in [0.05, 0.1) is 23.9 Å². The first-order valence-corrected chi connectivity index (χ1v) is 15.4. The number of carboxylic acid groups (broad SMARTS) is 1. The van der Waals surface area contributed by atoms with Crippen molar-refractivity contribution in [2.24, 2.45) is 19.1 Å². The van der Waals surface area contributed by atoms with Gasteiger partial charge in [0.15, 0.2) is 5.82 Å². The lowest BCUT2D eigenvalue weighted by atomic mass is 10.1. The number of nitrogens with zero attached hydrogens (tertiary/aromatic N) is 5. The molecule has 13 heteroatoms. The summed E-state index contributed by atoms with van der Waals surface area (Å²) in [5.41, 5.74) is 5.17. The van der Waals surface area contributed by atoms with Gasteiger partial charge < -0.3 is 34.5 Å². The highest BCUT2D eigenvalue weighted by Gasteiger charge is 2.33. The second-order valence-electron chi connectivity index (χ2n) is 12.0. The van der Waals surface area contributed by atoms with Crippen molar-refractivity contribution in [2.75, 3.05) is 23.8 Å². The van der Waals surface area contributed by atoms with E-state index < -0.39 is 11.9 Å². The lowest BCUT2D eigenvalue weighted by Gasteiger charge is -2.20. The molecular formula is C35H35N7O6. The van der Waals surface area contributed by atoms with Crippen LogP contribution in [0.2, 0.25) is 0 Å². The highest BCUT2D eigenvalue weighted by molar-refractivity contribution is 6.04. The number of anilines is 2. The van der Waals surface area contributed by atoms with E-state index in [1.54, 1.807) is 80.1 Å². The second-order valence-corrected chi connectivity index (χ2v) is 12.0. The highest BCUT2D eigenvalue weighted by atomic mass is 16.5. The molecule has 246 valence electrons. The Kier molecular flexibility index (Phi) is 8.68. The molecule has 2 aromatic heterocycles. The number of aromatic carboxylic acids is 1. The smallest absolute Gasteiger partial charge is 0.352 e. The molecular weight excluding hydrogens is 614 g/mol. The maximum Gasteiger partial charge on any atom is 0.352 e. The van der Waals surface area contributed by atoms with Crippen LogP contribution in [0.1, 0.15) is 56.3 Å². The fourth-order valence-electron chi connectivity index (χ4n) is 5.84. The van der Waals surface area contributed by atoms with Crippen molar-refractivity contribution in [3.05, 3.63) is 89.7 Å². The number of hydrogen-bond acceptors (Lipinski definition) is 7. The first-order chi connectivity index (χ1) is 23.0. The maximum absolute atomic E-state index is 13.1. The molecule has 0 spiro atoms. The number of imidazole rings is 1. The lowest BCUT2D eigenvalue weighted by molar-refractivity contribution is -0.116. The van der Waals surface area contributed by atoms with Gasteiger partial charge in [-0.1, -0.05) is 24.3 Å². The van der Waals surface area contributed by atoms with Gasteiger partial charge in [0.1, 0.15) is 11.4 Å². The van der Waals surface area contributed by atoms with Gasteiger partial charge in [0.25, 0.3) is 11.8 Å². The molecule has 0 radical (unpaired) electrons. The third-order valence-electron chi connectivity index (χ3n) is 8.32. The maximum atomic E-state index is 13.1. The summed E-state index contributed by atoms with van der Waals surface area (Å²) in [6.07, 6.45) is 6.39. The Morgan fingerprint density at radius 1 is 1.04 bits per heavy atom. The molecule has 1 fully saturated rings. The minimum atomic E-state index is -1.01. The highest BCUT2D eigenvalue weighted by Crippen LogP contribution is 2.35. The summed E-state index contributed by atoms with van der Waals surface area (Å²) in [5, 5.41) is 14.8. The molecule has 0 saturated carbocycles. The Hall–Kier alpha value is -5.98. The SMILES string of the molecule is C=C1C[C@H]2C=Nc3cc(OCCCC(=O)Nc4cn(C)c(C(=O)Nc5ccc(-c6cc(C(=O)O)n(C)c6)cc5)n4)c(C)cc3C(=O)N2C1. The molecule has 13 nitrogen and oxygen atoms in total. The fourth-order valence-corrected chi connectivity index (χ4v) is 5.84. The van der Waals surface area contributed by atoms with Gasteiger partial charge >= 0.3 is 5.97 Å². The van der Waals surface area contributed by atoms with E-state index >= 15 is 0 Å². The predicted octanol–water partition coefficient (Wildman–Crippen LogP) is 4.97. The van der Waals surface area contributed by atoms with Crippen molar-refractivity contribution >= 4 is 47.1 Å². The topological polar surface area (TPSA) is 160 Å². The van der Waals surface area contributed by atoms with Crippen LogP contribution in [0.4, 0.5) is 17.2 Å². The summed E-state index contributed by atoms with van der Waals surface area (Å²) < 4.78 is 9.02. The molecule has 1 saturated heterocycles. The Labute approximate surface area is 276 Å². The molecule has 4 aromatic rings. The van der Waals surface area contributed by atoms with Gasteiger partial charge in [-0.3, -0.25) is 19.4 Å². The fraction of sp³-hybridized carbons (Fsp3) is 0.257. The van der Waals surface area contributed by atoms with Gasteiger partial charge in [-0.2, -0.15) is 0 Å².